The summed E-state index contributed by atoms with van der Waals surface area (Å²) >= 11 is 15.2. The molecule has 1 N–H and O–H groups in total. The summed E-state index contributed by atoms with van der Waals surface area (Å²) in [7, 11) is 0. The lowest BCUT2D eigenvalue weighted by atomic mass is 9.96. The molecule has 0 saturated carbocycles. The number of benzene rings is 1. The highest BCUT2D eigenvalue weighted by Gasteiger charge is 2.73. The van der Waals surface area contributed by atoms with E-state index in [1.165, 1.54) is 4.90 Å². The predicted molar refractivity (Wildman–Crippen MR) is 110 cm³/mol. The molecule has 1 aromatic carbocycles. The largest absolute Gasteiger partial charge is 0.614 e. The summed E-state index contributed by atoms with van der Waals surface area (Å²) < 4.78 is 15.1. The molecule has 158 valence electrons. The number of carbonyl (C=O) groups excluding carboxylic acids is 3. The lowest BCUT2D eigenvalue weighted by Crippen LogP contribution is -2.72. The van der Waals surface area contributed by atoms with Crippen molar-refractivity contribution in [2.75, 3.05) is 6.61 Å². The van der Waals surface area contributed by atoms with Crippen LogP contribution in [0.25, 0.3) is 0 Å². The smallest absolute Gasteiger partial charge is 0.334 e. The Kier molecular flexibility index (Phi) is 6.32. The Hall–Kier alpha value is -1.19. The molecular formula is C18H19Cl3N2O5S. The van der Waals surface area contributed by atoms with Crippen molar-refractivity contribution >= 4 is 63.8 Å². The van der Waals surface area contributed by atoms with Crippen molar-refractivity contribution in [2.24, 2.45) is 0 Å². The average Bonchev–Trinajstić information content (AvgIpc) is 2.82. The number of amides is 2. The molecule has 0 spiro atoms. The Labute approximate surface area is 186 Å². The van der Waals surface area contributed by atoms with E-state index in [1.54, 1.807) is 38.1 Å². The fourth-order valence-corrected chi connectivity index (χ4v) is 5.59. The third kappa shape index (κ3) is 4.46. The molecule has 3 rings (SSSR count). The van der Waals surface area contributed by atoms with Crippen LogP contribution in [0.15, 0.2) is 30.3 Å². The molecule has 7 nitrogen and oxygen atoms in total. The van der Waals surface area contributed by atoms with E-state index in [2.05, 4.69) is 5.32 Å². The summed E-state index contributed by atoms with van der Waals surface area (Å²) in [6.07, 6.45) is 0.0854. The standard InChI is InChI=1S/C18H19Cl3N2O5S/c1-17(2)13(16(26)28-9-18(19,20)21)23-14(25)12(15(23)29(17)27)22-11(24)8-10-6-4-3-5-7-10/h3-7,12-13,15H,8-9H2,1-2H3,(H,22,24)/t12-,13?,15+,29?/m1/s1. The van der Waals surface area contributed by atoms with Crippen molar-refractivity contribution in [1.82, 2.24) is 10.2 Å². The molecule has 0 radical (unpaired) electrons. The van der Waals surface area contributed by atoms with Crippen LogP contribution in [-0.4, -0.2) is 59.8 Å². The molecule has 2 fully saturated rings. The minimum Gasteiger partial charge on any atom is -0.614 e. The van der Waals surface area contributed by atoms with Gasteiger partial charge in [-0.2, -0.15) is 0 Å². The van der Waals surface area contributed by atoms with Gasteiger partial charge in [-0.3, -0.25) is 14.5 Å². The van der Waals surface area contributed by atoms with Crippen LogP contribution >= 0.6 is 34.8 Å². The fraction of sp³-hybridized carbons (Fsp3) is 0.500. The second-order valence-electron chi connectivity index (χ2n) is 7.37. The number of nitrogens with one attached hydrogen (secondary N) is 1. The molecule has 4 atom stereocenters. The van der Waals surface area contributed by atoms with Crippen molar-refractivity contribution < 1.29 is 23.7 Å². The maximum absolute atomic E-state index is 13.0. The highest BCUT2D eigenvalue weighted by Crippen LogP contribution is 2.46. The Morgan fingerprint density at radius 1 is 1.28 bits per heavy atom. The van der Waals surface area contributed by atoms with Crippen molar-refractivity contribution in [3.63, 3.8) is 0 Å². The van der Waals surface area contributed by atoms with E-state index in [0.717, 1.165) is 5.56 Å². The van der Waals surface area contributed by atoms with Gasteiger partial charge in [-0.25, -0.2) is 4.79 Å². The quantitative estimate of drug-likeness (QED) is 0.299. The van der Waals surface area contributed by atoms with E-state index in [-0.39, 0.29) is 12.3 Å². The first kappa shape index (κ1) is 22.5. The Morgan fingerprint density at radius 3 is 2.48 bits per heavy atom. The zero-order valence-corrected chi connectivity index (χ0v) is 18.6. The third-order valence-electron chi connectivity index (χ3n) is 4.88. The van der Waals surface area contributed by atoms with Crippen molar-refractivity contribution in [1.29, 1.82) is 0 Å². The van der Waals surface area contributed by atoms with Gasteiger partial charge in [0.25, 0.3) is 5.91 Å². The zero-order valence-electron chi connectivity index (χ0n) is 15.6. The normalized spacial score (nSPS) is 27.8. The van der Waals surface area contributed by atoms with E-state index in [9.17, 15) is 18.9 Å². The van der Waals surface area contributed by atoms with E-state index in [1.807, 2.05) is 6.07 Å². The number of nitrogens with zero attached hydrogens (tertiary/aromatic N) is 1. The van der Waals surface area contributed by atoms with Crippen molar-refractivity contribution in [2.45, 2.75) is 46.3 Å². The first-order valence-electron chi connectivity index (χ1n) is 8.73. The maximum atomic E-state index is 13.0. The third-order valence-corrected chi connectivity index (χ3v) is 7.41. The lowest BCUT2D eigenvalue weighted by Gasteiger charge is -2.41. The minimum atomic E-state index is -1.80. The number of rotatable bonds is 5. The number of esters is 1. The second kappa shape index (κ2) is 8.15. The van der Waals surface area contributed by atoms with Gasteiger partial charge in [0.1, 0.15) is 6.61 Å². The number of hydrogen-bond acceptors (Lipinski definition) is 5. The zero-order chi connectivity index (χ0) is 21.6. The van der Waals surface area contributed by atoms with Crippen LogP contribution in [0.3, 0.4) is 0 Å². The van der Waals surface area contributed by atoms with Crippen LogP contribution in [0.1, 0.15) is 19.4 Å². The van der Waals surface area contributed by atoms with Crippen LogP contribution < -0.4 is 5.32 Å². The summed E-state index contributed by atoms with van der Waals surface area (Å²) in [5, 5.41) is 1.81. The van der Waals surface area contributed by atoms with Crippen molar-refractivity contribution in [3.8, 4) is 0 Å². The topological polar surface area (TPSA) is 98.8 Å². The molecule has 2 saturated heterocycles. The first-order valence-corrected chi connectivity index (χ1v) is 11.1. The maximum Gasteiger partial charge on any atom is 0.334 e. The average molecular weight is 482 g/mol. The molecule has 2 amide bonds. The second-order valence-corrected chi connectivity index (χ2v) is 12.0. The van der Waals surface area contributed by atoms with E-state index >= 15 is 0 Å². The molecule has 11 heteroatoms. The molecule has 1 aromatic rings. The number of alkyl halides is 3. The molecule has 0 aliphatic carbocycles. The summed E-state index contributed by atoms with van der Waals surface area (Å²) in [6, 6.07) is 6.97. The summed E-state index contributed by atoms with van der Waals surface area (Å²) in [5.41, 5.74) is 0.787. The number of hydrogen-bond donors (Lipinski definition) is 1. The van der Waals surface area contributed by atoms with Crippen LogP contribution in [0.5, 0.6) is 0 Å². The highest BCUT2D eigenvalue weighted by molar-refractivity contribution is 7.94. The highest BCUT2D eigenvalue weighted by atomic mass is 35.6. The first-order chi connectivity index (χ1) is 13.4. The number of β-lactam (4-membered cyclic amide) rings is 1. The van der Waals surface area contributed by atoms with E-state index in [4.69, 9.17) is 39.5 Å². The fourth-order valence-electron chi connectivity index (χ4n) is 3.51. The summed E-state index contributed by atoms with van der Waals surface area (Å²) in [6.45, 7) is 2.69. The van der Waals surface area contributed by atoms with Gasteiger partial charge in [0.2, 0.25) is 15.1 Å². The molecule has 0 bridgehead atoms. The van der Waals surface area contributed by atoms with Crippen LogP contribution in [0, 0.1) is 0 Å². The summed E-state index contributed by atoms with van der Waals surface area (Å²) in [4.78, 5) is 38.7. The van der Waals surface area contributed by atoms with Gasteiger partial charge in [-0.15, -0.1) is 0 Å². The van der Waals surface area contributed by atoms with Gasteiger partial charge >= 0.3 is 5.97 Å². The van der Waals surface area contributed by atoms with Gasteiger partial charge in [-0.05, 0) is 30.6 Å². The van der Waals surface area contributed by atoms with Crippen LogP contribution in [0.2, 0.25) is 0 Å². The molecule has 0 aromatic heterocycles. The monoisotopic (exact) mass is 480 g/mol. The number of ether oxygens (including phenoxy) is 1. The Bertz CT molecular complexity index is 817. The van der Waals surface area contributed by atoms with Gasteiger partial charge in [-0.1, -0.05) is 65.1 Å². The van der Waals surface area contributed by atoms with Gasteiger partial charge in [0.05, 0.1) is 6.42 Å². The van der Waals surface area contributed by atoms with Gasteiger partial charge < -0.3 is 14.6 Å². The molecular weight excluding hydrogens is 463 g/mol. The Balaban J connectivity index is 1.70. The van der Waals surface area contributed by atoms with Crippen molar-refractivity contribution in [3.05, 3.63) is 35.9 Å². The van der Waals surface area contributed by atoms with E-state index < -0.39 is 55.7 Å². The van der Waals surface area contributed by atoms with Crippen LogP contribution in [-0.2, 0) is 36.7 Å². The van der Waals surface area contributed by atoms with Gasteiger partial charge in [0, 0.05) is 0 Å². The predicted octanol–water partition coefficient (Wildman–Crippen LogP) is 1.71. The molecule has 2 unspecified atom stereocenters. The SMILES string of the molecule is CC1(C)C(C(=O)OCC(Cl)(Cl)Cl)N2C(=O)[C@@H](NC(=O)Cc3ccccc3)[C@@H]2[S+]1[O-]. The lowest BCUT2D eigenvalue weighted by molar-refractivity contribution is -0.164. The van der Waals surface area contributed by atoms with Crippen LogP contribution in [0.4, 0.5) is 0 Å². The molecule has 2 aliphatic rings. The molecule has 2 heterocycles. The van der Waals surface area contributed by atoms with E-state index in [0.29, 0.717) is 0 Å². The number of halogens is 3. The Morgan fingerprint density at radius 2 is 1.90 bits per heavy atom. The minimum absolute atomic E-state index is 0.0854. The van der Waals surface area contributed by atoms with Gasteiger partial charge in [0.15, 0.2) is 16.8 Å². The summed E-state index contributed by atoms with van der Waals surface area (Å²) in [5.74, 6) is -1.67. The number of carbonyl (C=O) groups is 3. The molecule has 2 aliphatic heterocycles. The number of fused-ring (bicyclic) bond motifs is 1. The molecule has 29 heavy (non-hydrogen) atoms.